The summed E-state index contributed by atoms with van der Waals surface area (Å²) in [7, 11) is -3.96. The fourth-order valence-corrected chi connectivity index (χ4v) is 5.02. The lowest BCUT2D eigenvalue weighted by atomic mass is 10.0. The number of esters is 1. The molecule has 0 saturated heterocycles. The molecule has 0 radical (unpaired) electrons. The van der Waals surface area contributed by atoms with Gasteiger partial charge in [0.2, 0.25) is 10.0 Å². The number of aromatic nitrogens is 2. The van der Waals surface area contributed by atoms with E-state index in [1.807, 2.05) is 36.4 Å². The largest absolute Gasteiger partial charge is 0.465 e. The number of aryl methyl sites for hydroxylation is 1. The summed E-state index contributed by atoms with van der Waals surface area (Å²) in [6.45, 7) is 3.06. The first-order chi connectivity index (χ1) is 16.8. The van der Waals surface area contributed by atoms with Gasteiger partial charge in [-0.15, -0.1) is 10.2 Å². The van der Waals surface area contributed by atoms with Crippen molar-refractivity contribution in [2.75, 3.05) is 18.5 Å². The van der Waals surface area contributed by atoms with Gasteiger partial charge in [-0.2, -0.15) is 4.72 Å². The summed E-state index contributed by atoms with van der Waals surface area (Å²) in [5.74, 6) is -0.104. The molecular formula is C25H23ClN4O4S. The smallest absolute Gasteiger partial charge is 0.321 e. The van der Waals surface area contributed by atoms with Gasteiger partial charge in [-0.3, -0.25) is 4.79 Å². The van der Waals surface area contributed by atoms with Crippen LogP contribution in [0.4, 0.5) is 11.5 Å². The van der Waals surface area contributed by atoms with Gasteiger partial charge in [0.1, 0.15) is 12.2 Å². The number of hydrogen-bond donors (Lipinski definition) is 2. The van der Waals surface area contributed by atoms with Gasteiger partial charge in [-0.25, -0.2) is 8.42 Å². The van der Waals surface area contributed by atoms with Crippen LogP contribution in [0.25, 0.3) is 22.0 Å². The molecule has 0 bridgehead atoms. The summed E-state index contributed by atoms with van der Waals surface area (Å²) in [5.41, 5.74) is 2.40. The molecule has 0 aliphatic heterocycles. The minimum absolute atomic E-state index is 0.0475. The van der Waals surface area contributed by atoms with E-state index in [0.29, 0.717) is 27.7 Å². The summed E-state index contributed by atoms with van der Waals surface area (Å²) in [6, 6.07) is 19.9. The lowest BCUT2D eigenvalue weighted by Crippen LogP contribution is -2.31. The van der Waals surface area contributed by atoms with Gasteiger partial charge in [0.15, 0.2) is 5.82 Å². The molecule has 1 aromatic heterocycles. The minimum atomic E-state index is -3.96. The lowest BCUT2D eigenvalue weighted by molar-refractivity contribution is -0.141. The van der Waals surface area contributed by atoms with Crippen LogP contribution in [-0.4, -0.2) is 37.7 Å². The monoisotopic (exact) mass is 510 g/mol. The molecule has 4 aromatic rings. The number of rotatable bonds is 8. The molecule has 0 aliphatic carbocycles. The van der Waals surface area contributed by atoms with Crippen LogP contribution in [0.3, 0.4) is 0 Å². The van der Waals surface area contributed by atoms with Crippen LogP contribution in [-0.2, 0) is 19.6 Å². The van der Waals surface area contributed by atoms with Crippen LogP contribution in [0, 0.1) is 6.92 Å². The topological polar surface area (TPSA) is 110 Å². The van der Waals surface area contributed by atoms with Crippen molar-refractivity contribution < 1.29 is 17.9 Å². The Balaban J connectivity index is 1.73. The number of nitrogens with one attached hydrogen (secondary N) is 2. The maximum absolute atomic E-state index is 12.9. The Bertz CT molecular complexity index is 1510. The zero-order valence-electron chi connectivity index (χ0n) is 19.1. The molecule has 0 amide bonds. The second-order valence-electron chi connectivity index (χ2n) is 7.69. The van der Waals surface area contributed by atoms with Gasteiger partial charge in [0, 0.05) is 27.0 Å². The molecule has 35 heavy (non-hydrogen) atoms. The summed E-state index contributed by atoms with van der Waals surface area (Å²) in [6.07, 6.45) is 0. The fourth-order valence-electron chi connectivity index (χ4n) is 3.59. The molecule has 2 N–H and O–H groups in total. The van der Waals surface area contributed by atoms with Crippen molar-refractivity contribution in [3.8, 4) is 11.3 Å². The van der Waals surface area contributed by atoms with Crippen molar-refractivity contribution in [3.05, 3.63) is 77.3 Å². The standard InChI is InChI=1S/C25H23ClN4O4S/c1-3-34-23(31)15-27-35(32,33)22-13-17(12-11-16(22)2)24-20-9-4-5-10-21(20)25(30-29-24)28-19-8-6-7-18(26)14-19/h4-14,27H,3,15H2,1-2H3,(H,28,30). The second-order valence-corrected chi connectivity index (χ2v) is 9.86. The Morgan fingerprint density at radius 2 is 1.77 bits per heavy atom. The van der Waals surface area contributed by atoms with E-state index in [2.05, 4.69) is 20.2 Å². The van der Waals surface area contributed by atoms with E-state index >= 15 is 0 Å². The molecule has 0 spiro atoms. The van der Waals surface area contributed by atoms with Crippen molar-refractivity contribution in [1.29, 1.82) is 0 Å². The molecular weight excluding hydrogens is 488 g/mol. The highest BCUT2D eigenvalue weighted by atomic mass is 35.5. The molecule has 1 heterocycles. The molecule has 10 heteroatoms. The molecule has 180 valence electrons. The molecule has 4 rings (SSSR count). The van der Waals surface area contributed by atoms with Crippen LogP contribution in [0.5, 0.6) is 0 Å². The first-order valence-corrected chi connectivity index (χ1v) is 12.7. The van der Waals surface area contributed by atoms with E-state index in [9.17, 15) is 13.2 Å². The van der Waals surface area contributed by atoms with Crippen molar-refractivity contribution in [3.63, 3.8) is 0 Å². The van der Waals surface area contributed by atoms with Gasteiger partial charge < -0.3 is 10.1 Å². The van der Waals surface area contributed by atoms with E-state index in [0.717, 1.165) is 16.5 Å². The first kappa shape index (κ1) is 24.6. The summed E-state index contributed by atoms with van der Waals surface area (Å²) < 4.78 is 32.9. The van der Waals surface area contributed by atoms with E-state index in [1.54, 1.807) is 38.1 Å². The molecule has 3 aromatic carbocycles. The summed E-state index contributed by atoms with van der Waals surface area (Å²) >= 11 is 6.10. The van der Waals surface area contributed by atoms with Crippen LogP contribution >= 0.6 is 11.6 Å². The Kier molecular flexibility index (Phi) is 7.30. The molecule has 8 nitrogen and oxygen atoms in total. The van der Waals surface area contributed by atoms with Crippen LogP contribution < -0.4 is 10.0 Å². The Hall–Kier alpha value is -3.53. The average molecular weight is 511 g/mol. The third-order valence-corrected chi connectivity index (χ3v) is 7.02. The fraction of sp³-hybridized carbons (Fsp3) is 0.160. The van der Waals surface area contributed by atoms with E-state index < -0.39 is 22.5 Å². The van der Waals surface area contributed by atoms with E-state index in [-0.39, 0.29) is 11.5 Å². The molecule has 0 atom stereocenters. The number of carbonyl (C=O) groups excluding carboxylic acids is 1. The maximum atomic E-state index is 12.9. The number of carbonyl (C=O) groups is 1. The van der Waals surface area contributed by atoms with Crippen LogP contribution in [0.15, 0.2) is 71.6 Å². The number of benzene rings is 3. The van der Waals surface area contributed by atoms with Crippen molar-refractivity contribution in [2.24, 2.45) is 0 Å². The zero-order valence-corrected chi connectivity index (χ0v) is 20.7. The van der Waals surface area contributed by atoms with Gasteiger partial charge in [0.05, 0.1) is 11.5 Å². The predicted molar refractivity (Wildman–Crippen MR) is 136 cm³/mol. The van der Waals surface area contributed by atoms with Crippen molar-refractivity contribution in [2.45, 2.75) is 18.7 Å². The molecule has 0 saturated carbocycles. The van der Waals surface area contributed by atoms with E-state index in [1.165, 1.54) is 6.07 Å². The first-order valence-electron chi connectivity index (χ1n) is 10.8. The number of ether oxygens (including phenoxy) is 1. The highest BCUT2D eigenvalue weighted by Crippen LogP contribution is 2.33. The maximum Gasteiger partial charge on any atom is 0.321 e. The highest BCUT2D eigenvalue weighted by Gasteiger charge is 2.20. The lowest BCUT2D eigenvalue weighted by Gasteiger charge is -2.13. The van der Waals surface area contributed by atoms with Gasteiger partial charge >= 0.3 is 5.97 Å². The van der Waals surface area contributed by atoms with Crippen LogP contribution in [0.1, 0.15) is 12.5 Å². The average Bonchev–Trinajstić information content (AvgIpc) is 2.84. The number of sulfonamides is 1. The SMILES string of the molecule is CCOC(=O)CNS(=O)(=O)c1cc(-c2nnc(Nc3cccc(Cl)c3)c3ccccc23)ccc1C. The minimum Gasteiger partial charge on any atom is -0.465 e. The summed E-state index contributed by atoms with van der Waals surface area (Å²) in [5, 5.41) is 14.2. The summed E-state index contributed by atoms with van der Waals surface area (Å²) in [4.78, 5) is 11.7. The van der Waals surface area contributed by atoms with Gasteiger partial charge in [0.25, 0.3) is 0 Å². The van der Waals surface area contributed by atoms with Gasteiger partial charge in [-0.05, 0) is 43.7 Å². The number of halogens is 1. The number of hydrogen-bond acceptors (Lipinski definition) is 7. The zero-order chi connectivity index (χ0) is 25.0. The molecule has 0 unspecified atom stereocenters. The number of anilines is 2. The van der Waals surface area contributed by atoms with E-state index in [4.69, 9.17) is 16.3 Å². The second kappa shape index (κ2) is 10.4. The van der Waals surface area contributed by atoms with Crippen LogP contribution in [0.2, 0.25) is 5.02 Å². The quantitative estimate of drug-likeness (QED) is 0.326. The molecule has 0 aliphatic rings. The Morgan fingerprint density at radius 1 is 1.00 bits per heavy atom. The highest BCUT2D eigenvalue weighted by molar-refractivity contribution is 7.89. The van der Waals surface area contributed by atoms with Gasteiger partial charge in [-0.1, -0.05) is 54.1 Å². The predicted octanol–water partition coefficient (Wildman–Crippen LogP) is 4.84. The third kappa shape index (κ3) is 5.59. The number of nitrogens with zero attached hydrogens (tertiary/aromatic N) is 2. The molecule has 0 fully saturated rings. The Labute approximate surface area is 208 Å². The van der Waals surface area contributed by atoms with Crippen molar-refractivity contribution in [1.82, 2.24) is 14.9 Å². The third-order valence-electron chi connectivity index (χ3n) is 5.24. The number of fused-ring (bicyclic) bond motifs is 1. The van der Waals surface area contributed by atoms with Crippen molar-refractivity contribution >= 4 is 49.9 Å². The Morgan fingerprint density at radius 3 is 2.51 bits per heavy atom. The normalized spacial score (nSPS) is 11.4.